The molecule has 23 heavy (non-hydrogen) atoms. The van der Waals surface area contributed by atoms with Gasteiger partial charge in [-0.05, 0) is 37.5 Å². The number of sulfonamides is 1. The zero-order valence-corrected chi connectivity index (χ0v) is 14.2. The zero-order valence-electron chi connectivity index (χ0n) is 13.4. The molecule has 1 N–H and O–H groups in total. The van der Waals surface area contributed by atoms with E-state index in [1.165, 1.54) is 23.5 Å². The molecule has 1 fully saturated rings. The number of carbonyl (C=O) groups is 1. The molecule has 1 aliphatic rings. The molecule has 1 aromatic carbocycles. The van der Waals surface area contributed by atoms with E-state index in [1.807, 2.05) is 0 Å². The lowest BCUT2D eigenvalue weighted by molar-refractivity contribution is -0.124. The van der Waals surface area contributed by atoms with Crippen LogP contribution in [0, 0.1) is 5.82 Å². The summed E-state index contributed by atoms with van der Waals surface area (Å²) in [7, 11) is -2.04. The van der Waals surface area contributed by atoms with Crippen LogP contribution in [0.25, 0.3) is 0 Å². The molecule has 0 aromatic heterocycles. The van der Waals surface area contributed by atoms with E-state index < -0.39 is 27.9 Å². The SMILES string of the molecule is COc1ccc([C@@H](C)NC(=O)[C@@H]2CCCN2S(C)(=O)=O)cc1F. The molecule has 1 saturated heterocycles. The van der Waals surface area contributed by atoms with Crippen LogP contribution in [0.3, 0.4) is 0 Å². The number of ether oxygens (including phenoxy) is 1. The normalized spacial score (nSPS) is 20.3. The summed E-state index contributed by atoms with van der Waals surface area (Å²) < 4.78 is 43.2. The van der Waals surface area contributed by atoms with E-state index in [4.69, 9.17) is 4.74 Å². The maximum Gasteiger partial charge on any atom is 0.238 e. The van der Waals surface area contributed by atoms with Crippen LogP contribution >= 0.6 is 0 Å². The van der Waals surface area contributed by atoms with Gasteiger partial charge in [0.05, 0.1) is 19.4 Å². The molecule has 0 spiro atoms. The minimum Gasteiger partial charge on any atom is -0.494 e. The average molecular weight is 344 g/mol. The summed E-state index contributed by atoms with van der Waals surface area (Å²) in [6.45, 7) is 2.07. The molecule has 6 nitrogen and oxygen atoms in total. The van der Waals surface area contributed by atoms with Crippen molar-refractivity contribution < 1.29 is 22.3 Å². The van der Waals surface area contributed by atoms with Gasteiger partial charge in [-0.25, -0.2) is 12.8 Å². The molecular formula is C15H21FN2O4S. The monoisotopic (exact) mass is 344 g/mol. The van der Waals surface area contributed by atoms with Crippen molar-refractivity contribution in [3.05, 3.63) is 29.6 Å². The molecule has 1 aliphatic heterocycles. The summed E-state index contributed by atoms with van der Waals surface area (Å²) >= 11 is 0. The number of carbonyl (C=O) groups excluding carboxylic acids is 1. The van der Waals surface area contributed by atoms with Gasteiger partial charge in [-0.1, -0.05) is 6.07 Å². The number of benzene rings is 1. The Morgan fingerprint density at radius 3 is 2.74 bits per heavy atom. The third kappa shape index (κ3) is 4.00. The highest BCUT2D eigenvalue weighted by molar-refractivity contribution is 7.88. The summed E-state index contributed by atoms with van der Waals surface area (Å²) in [5, 5.41) is 2.75. The highest BCUT2D eigenvalue weighted by Gasteiger charge is 2.36. The zero-order chi connectivity index (χ0) is 17.2. The standard InChI is InChI=1S/C15H21FN2O4S/c1-10(11-6-7-14(22-2)12(16)9-11)17-15(19)13-5-4-8-18(13)23(3,20)21/h6-7,9-10,13H,4-5,8H2,1-3H3,(H,17,19)/t10-,13+/m1/s1. The Labute approximate surface area is 135 Å². The van der Waals surface area contributed by atoms with Crippen molar-refractivity contribution in [3.8, 4) is 5.75 Å². The number of hydrogen-bond acceptors (Lipinski definition) is 4. The summed E-state index contributed by atoms with van der Waals surface area (Å²) in [6, 6.07) is 3.31. The molecule has 0 saturated carbocycles. The topological polar surface area (TPSA) is 75.7 Å². The fraction of sp³-hybridized carbons (Fsp3) is 0.533. The maximum atomic E-state index is 13.7. The number of methoxy groups -OCH3 is 1. The highest BCUT2D eigenvalue weighted by atomic mass is 32.2. The fourth-order valence-electron chi connectivity index (χ4n) is 2.74. The van der Waals surface area contributed by atoms with Crippen molar-refractivity contribution in [2.45, 2.75) is 31.8 Å². The van der Waals surface area contributed by atoms with Crippen LogP contribution in [0.15, 0.2) is 18.2 Å². The lowest BCUT2D eigenvalue weighted by Crippen LogP contribution is -2.46. The summed E-state index contributed by atoms with van der Waals surface area (Å²) in [4.78, 5) is 12.4. The second-order valence-electron chi connectivity index (χ2n) is 5.66. The minimum atomic E-state index is -3.42. The molecule has 2 atom stereocenters. The lowest BCUT2D eigenvalue weighted by Gasteiger charge is -2.23. The Morgan fingerprint density at radius 1 is 1.48 bits per heavy atom. The molecule has 8 heteroatoms. The van der Waals surface area contributed by atoms with Gasteiger partial charge >= 0.3 is 0 Å². The smallest absolute Gasteiger partial charge is 0.238 e. The molecule has 1 aromatic rings. The van der Waals surface area contributed by atoms with Gasteiger partial charge in [0, 0.05) is 6.54 Å². The summed E-state index contributed by atoms with van der Waals surface area (Å²) in [6.07, 6.45) is 2.24. The first-order valence-electron chi connectivity index (χ1n) is 7.34. The Balaban J connectivity index is 2.09. The van der Waals surface area contributed by atoms with E-state index in [-0.39, 0.29) is 11.7 Å². The molecule has 0 bridgehead atoms. The number of rotatable bonds is 5. The van der Waals surface area contributed by atoms with E-state index in [0.717, 1.165) is 6.26 Å². The third-order valence-corrected chi connectivity index (χ3v) is 5.26. The van der Waals surface area contributed by atoms with Crippen molar-refractivity contribution in [2.75, 3.05) is 19.9 Å². The van der Waals surface area contributed by atoms with Gasteiger partial charge in [0.1, 0.15) is 6.04 Å². The molecule has 0 radical (unpaired) electrons. The van der Waals surface area contributed by atoms with Crippen molar-refractivity contribution in [3.63, 3.8) is 0 Å². The van der Waals surface area contributed by atoms with Crippen LogP contribution in [0.1, 0.15) is 31.4 Å². The first-order valence-corrected chi connectivity index (χ1v) is 9.19. The molecular weight excluding hydrogens is 323 g/mol. The van der Waals surface area contributed by atoms with Crippen molar-refractivity contribution in [2.24, 2.45) is 0 Å². The summed E-state index contributed by atoms with van der Waals surface area (Å²) in [5.41, 5.74) is 0.584. The van der Waals surface area contributed by atoms with Crippen LogP contribution in [0.5, 0.6) is 5.75 Å². The van der Waals surface area contributed by atoms with Crippen LogP contribution < -0.4 is 10.1 Å². The Kier molecular flexibility index (Phi) is 5.26. The summed E-state index contributed by atoms with van der Waals surface area (Å²) in [5.74, 6) is -0.743. The quantitative estimate of drug-likeness (QED) is 0.877. The number of nitrogens with zero attached hydrogens (tertiary/aromatic N) is 1. The molecule has 0 unspecified atom stereocenters. The molecule has 0 aliphatic carbocycles. The number of amides is 1. The lowest BCUT2D eigenvalue weighted by atomic mass is 10.1. The van der Waals surface area contributed by atoms with Gasteiger partial charge in [-0.15, -0.1) is 0 Å². The molecule has 128 valence electrons. The van der Waals surface area contributed by atoms with E-state index in [1.54, 1.807) is 13.0 Å². The Bertz CT molecular complexity index is 693. The second kappa shape index (κ2) is 6.84. The molecule has 1 amide bonds. The maximum absolute atomic E-state index is 13.7. The predicted molar refractivity (Wildman–Crippen MR) is 84.1 cm³/mol. The Hall–Kier alpha value is -1.67. The second-order valence-corrected chi connectivity index (χ2v) is 7.59. The largest absolute Gasteiger partial charge is 0.494 e. The van der Waals surface area contributed by atoms with E-state index >= 15 is 0 Å². The van der Waals surface area contributed by atoms with Crippen LogP contribution in [-0.2, 0) is 14.8 Å². The number of nitrogens with one attached hydrogen (secondary N) is 1. The predicted octanol–water partition coefficient (Wildman–Crippen LogP) is 1.44. The molecule has 1 heterocycles. The van der Waals surface area contributed by atoms with Crippen LogP contribution in [0.2, 0.25) is 0 Å². The first kappa shape index (κ1) is 17.7. The average Bonchev–Trinajstić information content (AvgIpc) is 2.96. The van der Waals surface area contributed by atoms with E-state index in [0.29, 0.717) is 24.9 Å². The van der Waals surface area contributed by atoms with Gasteiger partial charge < -0.3 is 10.1 Å². The van der Waals surface area contributed by atoms with Crippen LogP contribution in [-0.4, -0.2) is 44.6 Å². The van der Waals surface area contributed by atoms with Crippen molar-refractivity contribution in [1.29, 1.82) is 0 Å². The van der Waals surface area contributed by atoms with Crippen LogP contribution in [0.4, 0.5) is 4.39 Å². The fourth-order valence-corrected chi connectivity index (χ4v) is 3.87. The highest BCUT2D eigenvalue weighted by Crippen LogP contribution is 2.24. The van der Waals surface area contributed by atoms with Gasteiger partial charge in [0.2, 0.25) is 15.9 Å². The third-order valence-electron chi connectivity index (χ3n) is 3.97. The molecule has 2 rings (SSSR count). The van der Waals surface area contributed by atoms with Gasteiger partial charge in [0.25, 0.3) is 0 Å². The first-order chi connectivity index (χ1) is 10.7. The van der Waals surface area contributed by atoms with Crippen molar-refractivity contribution >= 4 is 15.9 Å². The minimum absolute atomic E-state index is 0.131. The Morgan fingerprint density at radius 2 is 2.17 bits per heavy atom. The van der Waals surface area contributed by atoms with Crippen molar-refractivity contribution in [1.82, 2.24) is 9.62 Å². The van der Waals surface area contributed by atoms with E-state index in [2.05, 4.69) is 5.32 Å². The number of halogens is 1. The number of hydrogen-bond donors (Lipinski definition) is 1. The van der Waals surface area contributed by atoms with Gasteiger partial charge in [-0.3, -0.25) is 4.79 Å². The van der Waals surface area contributed by atoms with Gasteiger partial charge in [-0.2, -0.15) is 4.31 Å². The van der Waals surface area contributed by atoms with E-state index in [9.17, 15) is 17.6 Å². The van der Waals surface area contributed by atoms with Gasteiger partial charge in [0.15, 0.2) is 11.6 Å².